The maximum absolute atomic E-state index is 2.21. The molecule has 0 bridgehead atoms. The third-order valence-corrected chi connectivity index (χ3v) is 3.42. The van der Waals surface area contributed by atoms with Gasteiger partial charge < -0.3 is 0 Å². The second kappa shape index (κ2) is 9.99. The van der Waals surface area contributed by atoms with Gasteiger partial charge in [0.05, 0.1) is 0 Å². The van der Waals surface area contributed by atoms with E-state index >= 15 is 0 Å². The monoisotopic (exact) mass is 248 g/mol. The summed E-state index contributed by atoms with van der Waals surface area (Å²) in [5, 5.41) is 0. The van der Waals surface area contributed by atoms with Gasteiger partial charge in [0.25, 0.3) is 0 Å². The second-order valence-corrected chi connectivity index (χ2v) is 4.50. The topological polar surface area (TPSA) is 0 Å². The van der Waals surface area contributed by atoms with E-state index in [1.807, 2.05) is 13.8 Å². The zero-order valence-corrected chi connectivity index (χ0v) is 11.2. The molecular weight excluding hydrogens is 227 g/mol. The fraction of sp³-hybridized carbons (Fsp3) is 0.429. The summed E-state index contributed by atoms with van der Waals surface area (Å²) in [7, 11) is 0. The molecule has 0 radical (unpaired) electrons. The molecule has 0 heterocycles. The molecule has 0 saturated carbocycles. The molecule has 0 spiro atoms. The second-order valence-electron chi connectivity index (χ2n) is 2.99. The number of allylic oxidation sites excluding steroid dienone is 8. The summed E-state index contributed by atoms with van der Waals surface area (Å²) in [5.41, 5.74) is 0. The van der Waals surface area contributed by atoms with Crippen LogP contribution < -0.4 is 0 Å². The summed E-state index contributed by atoms with van der Waals surface area (Å²) in [6.45, 7) is 8.51. The Balaban J connectivity index is 4.50. The van der Waals surface area contributed by atoms with Gasteiger partial charge in [0.15, 0.2) is 0 Å². The average molecular weight is 249 g/mol. The van der Waals surface area contributed by atoms with Crippen molar-refractivity contribution in [2.24, 2.45) is 0 Å². The minimum atomic E-state index is 1.11. The first kappa shape index (κ1) is 14.5. The zero-order valence-electron chi connectivity index (χ0n) is 10.2. The molecule has 0 amide bonds. The van der Waals surface area contributed by atoms with Crippen LogP contribution in [-0.4, -0.2) is 0 Å². The molecule has 0 fully saturated rings. The van der Waals surface area contributed by atoms with Crippen LogP contribution in [0.1, 0.15) is 40.5 Å². The predicted molar refractivity (Wildman–Crippen MR) is 66.4 cm³/mol. The van der Waals surface area contributed by atoms with Crippen LogP contribution in [0.15, 0.2) is 45.5 Å². The normalized spacial score (nSPS) is 14.7. The molecule has 0 atom stereocenters. The fourth-order valence-electron chi connectivity index (χ4n) is 0.920. The summed E-state index contributed by atoms with van der Waals surface area (Å²) < 4.78 is 2.89. The Kier molecular flexibility index (Phi) is 9.62. The fourth-order valence-corrected chi connectivity index (χ4v) is 2.03. The molecular formula is C14H22Ni. The molecule has 0 aromatic carbocycles. The van der Waals surface area contributed by atoms with Crippen LogP contribution in [0.4, 0.5) is 0 Å². The number of hydrogen-bond donors (Lipinski definition) is 0. The minimum absolute atomic E-state index is 1.11. The molecule has 0 aliphatic rings. The van der Waals surface area contributed by atoms with Crippen molar-refractivity contribution in [1.29, 1.82) is 0 Å². The molecule has 0 aliphatic heterocycles. The van der Waals surface area contributed by atoms with Crippen LogP contribution in [0, 0.1) is 0 Å². The van der Waals surface area contributed by atoms with Crippen molar-refractivity contribution in [3.63, 3.8) is 0 Å². The Morgan fingerprint density at radius 1 is 0.867 bits per heavy atom. The van der Waals surface area contributed by atoms with Gasteiger partial charge in [-0.3, -0.25) is 0 Å². The van der Waals surface area contributed by atoms with Gasteiger partial charge in [-0.15, -0.1) is 0 Å². The van der Waals surface area contributed by atoms with E-state index in [0.29, 0.717) is 0 Å². The van der Waals surface area contributed by atoms with Crippen LogP contribution in [-0.2, 0) is 14.4 Å². The molecule has 0 N–H and O–H groups in total. The van der Waals surface area contributed by atoms with Crippen molar-refractivity contribution in [3.8, 4) is 0 Å². The van der Waals surface area contributed by atoms with E-state index in [1.165, 1.54) is 9.09 Å². The maximum atomic E-state index is 2.21. The number of hydrogen-bond acceptors (Lipinski definition) is 0. The van der Waals surface area contributed by atoms with Crippen molar-refractivity contribution in [3.05, 3.63) is 45.5 Å². The molecule has 1 heteroatoms. The van der Waals surface area contributed by atoms with Crippen LogP contribution in [0.5, 0.6) is 0 Å². The molecule has 0 saturated heterocycles. The third kappa shape index (κ3) is 7.39. The van der Waals surface area contributed by atoms with Crippen molar-refractivity contribution in [1.82, 2.24) is 0 Å². The Bertz CT molecular complexity index is 239. The number of rotatable bonds is 6. The first-order valence-corrected chi connectivity index (χ1v) is 6.49. The summed E-state index contributed by atoms with van der Waals surface area (Å²) >= 11 is 1.70. The van der Waals surface area contributed by atoms with Crippen LogP contribution in [0.3, 0.4) is 0 Å². The Labute approximate surface area is 101 Å². The molecule has 0 aromatic heterocycles. The first-order chi connectivity index (χ1) is 7.28. The van der Waals surface area contributed by atoms with E-state index in [4.69, 9.17) is 0 Å². The summed E-state index contributed by atoms with van der Waals surface area (Å²) in [5.74, 6) is 0. The van der Waals surface area contributed by atoms with Crippen LogP contribution >= 0.6 is 0 Å². The van der Waals surface area contributed by atoms with E-state index in [1.54, 1.807) is 14.4 Å². The zero-order chi connectivity index (χ0) is 11.5. The quantitative estimate of drug-likeness (QED) is 0.468. The van der Waals surface area contributed by atoms with E-state index in [2.05, 4.69) is 50.3 Å². The van der Waals surface area contributed by atoms with Crippen molar-refractivity contribution < 1.29 is 14.4 Å². The third-order valence-electron chi connectivity index (χ3n) is 1.75. The van der Waals surface area contributed by atoms with Gasteiger partial charge in [0.2, 0.25) is 0 Å². The van der Waals surface area contributed by atoms with Crippen LogP contribution in [0.2, 0.25) is 0 Å². The van der Waals surface area contributed by atoms with E-state index < -0.39 is 0 Å². The first-order valence-electron chi connectivity index (χ1n) is 5.50. The molecule has 0 unspecified atom stereocenters. The van der Waals surface area contributed by atoms with E-state index in [9.17, 15) is 0 Å². The summed E-state index contributed by atoms with van der Waals surface area (Å²) in [6.07, 6.45) is 15.0. The summed E-state index contributed by atoms with van der Waals surface area (Å²) in [6, 6.07) is 0. The molecule has 15 heavy (non-hydrogen) atoms. The summed E-state index contributed by atoms with van der Waals surface area (Å²) in [4.78, 5) is 0. The Morgan fingerprint density at radius 3 is 1.53 bits per heavy atom. The van der Waals surface area contributed by atoms with Crippen molar-refractivity contribution >= 4 is 0 Å². The average Bonchev–Trinajstić information content (AvgIpc) is 2.28. The van der Waals surface area contributed by atoms with Gasteiger partial charge in [-0.1, -0.05) is 0 Å². The van der Waals surface area contributed by atoms with Gasteiger partial charge in [0.1, 0.15) is 0 Å². The Morgan fingerprint density at radius 2 is 1.27 bits per heavy atom. The van der Waals surface area contributed by atoms with Gasteiger partial charge in [-0.2, -0.15) is 0 Å². The van der Waals surface area contributed by atoms with E-state index in [-0.39, 0.29) is 0 Å². The van der Waals surface area contributed by atoms with Gasteiger partial charge in [0, 0.05) is 0 Å². The van der Waals surface area contributed by atoms with Crippen LogP contribution in [0.25, 0.3) is 0 Å². The molecule has 0 aliphatic carbocycles. The molecule has 0 rings (SSSR count). The van der Waals surface area contributed by atoms with Crippen molar-refractivity contribution in [2.75, 3.05) is 0 Å². The molecule has 88 valence electrons. The molecule has 0 aromatic rings. The Hall–Kier alpha value is -0.546. The standard InChI is InChI=1S/2C7H11.Ni/c2*1-3-5-7-6-4-2;/h2*3,5,7H,4H2,1-2H3;. The predicted octanol–water partition coefficient (Wildman–Crippen LogP) is 4.81. The van der Waals surface area contributed by atoms with Gasteiger partial charge in [-0.25, -0.2) is 0 Å². The van der Waals surface area contributed by atoms with E-state index in [0.717, 1.165) is 12.8 Å². The molecule has 0 nitrogen and oxygen atoms in total. The SMILES string of the molecule is CC=CC=[C](CC)[Ni][C](=CC=CC)CC. The van der Waals surface area contributed by atoms with Gasteiger partial charge >= 0.3 is 101 Å². The van der Waals surface area contributed by atoms with Gasteiger partial charge in [-0.05, 0) is 0 Å². The van der Waals surface area contributed by atoms with Crippen molar-refractivity contribution in [2.45, 2.75) is 40.5 Å².